The third kappa shape index (κ3) is 5.11. The molecule has 0 bridgehead atoms. The van der Waals surface area contributed by atoms with Crippen LogP contribution in [0.5, 0.6) is 0 Å². The summed E-state index contributed by atoms with van der Waals surface area (Å²) in [5, 5.41) is 2.91. The maximum Gasteiger partial charge on any atom is 0.410 e. The van der Waals surface area contributed by atoms with Crippen LogP contribution in [0.2, 0.25) is 0 Å². The summed E-state index contributed by atoms with van der Waals surface area (Å²) in [5.74, 6) is -0.230. The summed E-state index contributed by atoms with van der Waals surface area (Å²) in [6.45, 7) is 10.3. The van der Waals surface area contributed by atoms with Crippen LogP contribution in [0, 0.1) is 0 Å². The van der Waals surface area contributed by atoms with Crippen LogP contribution >= 0.6 is 0 Å². The van der Waals surface area contributed by atoms with E-state index in [1.54, 1.807) is 4.90 Å². The Labute approximate surface area is 156 Å². The number of nitrogens with one attached hydrogen (secondary N) is 1. The van der Waals surface area contributed by atoms with Crippen molar-refractivity contribution < 1.29 is 19.1 Å². The third-order valence-electron chi connectivity index (χ3n) is 4.69. The molecule has 2 aliphatic rings. The van der Waals surface area contributed by atoms with Crippen LogP contribution in [0.4, 0.5) is 4.79 Å². The summed E-state index contributed by atoms with van der Waals surface area (Å²) in [7, 11) is 0. The highest BCUT2D eigenvalue weighted by atomic mass is 16.6. The number of carbonyl (C=O) groups excluding carboxylic acids is 3. The molecule has 1 unspecified atom stereocenters. The van der Waals surface area contributed by atoms with Crippen LogP contribution in [-0.2, 0) is 14.3 Å². The molecule has 148 valence electrons. The van der Waals surface area contributed by atoms with Gasteiger partial charge in [-0.2, -0.15) is 0 Å². The second-order valence-corrected chi connectivity index (χ2v) is 8.54. The summed E-state index contributed by atoms with van der Waals surface area (Å²) in [4.78, 5) is 41.4. The smallest absolute Gasteiger partial charge is 0.410 e. The molecular formula is C19H33N3O4. The van der Waals surface area contributed by atoms with E-state index in [-0.39, 0.29) is 17.9 Å². The molecule has 7 nitrogen and oxygen atoms in total. The Bertz CT molecular complexity index is 541. The molecule has 3 amide bonds. The Hall–Kier alpha value is -1.79. The minimum absolute atomic E-state index is 0.0334. The minimum Gasteiger partial charge on any atom is -0.444 e. The first-order valence-corrected chi connectivity index (χ1v) is 9.70. The average Bonchev–Trinajstić information content (AvgIpc) is 3.01. The SMILES string of the molecule is CC(C)NC(=O)[C@@H]1CCCCN1C(=O)C1CCCN1C(=O)OC(C)(C)C. The van der Waals surface area contributed by atoms with Gasteiger partial charge in [-0.25, -0.2) is 4.79 Å². The number of likely N-dealkylation sites (tertiary alicyclic amines) is 2. The Morgan fingerprint density at radius 3 is 2.19 bits per heavy atom. The molecule has 0 aromatic rings. The van der Waals surface area contributed by atoms with Crippen LogP contribution in [0.3, 0.4) is 0 Å². The van der Waals surface area contributed by atoms with E-state index in [4.69, 9.17) is 4.74 Å². The number of rotatable bonds is 3. The fraction of sp³-hybridized carbons (Fsp3) is 0.842. The second kappa shape index (κ2) is 8.27. The summed E-state index contributed by atoms with van der Waals surface area (Å²) in [6, 6.07) is -0.942. The lowest BCUT2D eigenvalue weighted by atomic mass is 9.99. The Morgan fingerprint density at radius 1 is 0.962 bits per heavy atom. The highest BCUT2D eigenvalue weighted by Crippen LogP contribution is 2.26. The zero-order valence-electron chi connectivity index (χ0n) is 16.7. The van der Waals surface area contributed by atoms with E-state index < -0.39 is 23.8 Å². The fourth-order valence-corrected chi connectivity index (χ4v) is 3.60. The molecule has 0 saturated carbocycles. The van der Waals surface area contributed by atoms with Gasteiger partial charge in [-0.1, -0.05) is 0 Å². The number of ether oxygens (including phenoxy) is 1. The van der Waals surface area contributed by atoms with E-state index in [2.05, 4.69) is 5.32 Å². The Morgan fingerprint density at radius 2 is 1.58 bits per heavy atom. The van der Waals surface area contributed by atoms with E-state index >= 15 is 0 Å². The number of hydrogen-bond donors (Lipinski definition) is 1. The van der Waals surface area contributed by atoms with Crippen molar-refractivity contribution in [3.05, 3.63) is 0 Å². The quantitative estimate of drug-likeness (QED) is 0.830. The number of nitrogens with zero attached hydrogens (tertiary/aromatic N) is 2. The number of carbonyl (C=O) groups is 3. The lowest BCUT2D eigenvalue weighted by Crippen LogP contribution is -2.57. The van der Waals surface area contributed by atoms with E-state index in [1.165, 1.54) is 4.90 Å². The van der Waals surface area contributed by atoms with Crippen molar-refractivity contribution in [2.24, 2.45) is 0 Å². The summed E-state index contributed by atoms with van der Waals surface area (Å²) in [5.41, 5.74) is -0.599. The molecule has 2 fully saturated rings. The maximum absolute atomic E-state index is 13.2. The molecule has 2 rings (SSSR count). The number of piperidine rings is 1. The minimum atomic E-state index is -0.599. The van der Waals surface area contributed by atoms with Crippen molar-refractivity contribution in [3.8, 4) is 0 Å². The molecule has 2 atom stereocenters. The molecule has 2 aliphatic heterocycles. The van der Waals surface area contributed by atoms with Gasteiger partial charge < -0.3 is 15.0 Å². The highest BCUT2D eigenvalue weighted by molar-refractivity contribution is 5.92. The van der Waals surface area contributed by atoms with Crippen LogP contribution in [0.1, 0.15) is 66.7 Å². The lowest BCUT2D eigenvalue weighted by molar-refractivity contribution is -0.145. The van der Waals surface area contributed by atoms with Gasteiger partial charge in [-0.3, -0.25) is 14.5 Å². The molecule has 0 spiro atoms. The normalized spacial score (nSPS) is 23.9. The van der Waals surface area contributed by atoms with Crippen LogP contribution in [0.25, 0.3) is 0 Å². The Balaban J connectivity index is 2.11. The van der Waals surface area contributed by atoms with Gasteiger partial charge in [0.05, 0.1) is 0 Å². The largest absolute Gasteiger partial charge is 0.444 e. The predicted molar refractivity (Wildman–Crippen MR) is 98.6 cm³/mol. The first-order valence-electron chi connectivity index (χ1n) is 9.70. The number of amides is 3. The molecule has 2 heterocycles. The fourth-order valence-electron chi connectivity index (χ4n) is 3.60. The Kier molecular flexibility index (Phi) is 6.53. The van der Waals surface area contributed by atoms with Crippen molar-refractivity contribution >= 4 is 17.9 Å². The summed E-state index contributed by atoms with van der Waals surface area (Å²) < 4.78 is 5.45. The van der Waals surface area contributed by atoms with Crippen LogP contribution < -0.4 is 5.32 Å². The van der Waals surface area contributed by atoms with Gasteiger partial charge >= 0.3 is 6.09 Å². The highest BCUT2D eigenvalue weighted by Gasteiger charge is 2.42. The summed E-state index contributed by atoms with van der Waals surface area (Å²) >= 11 is 0. The van der Waals surface area contributed by atoms with Crippen molar-refractivity contribution in [3.63, 3.8) is 0 Å². The lowest BCUT2D eigenvalue weighted by Gasteiger charge is -2.38. The monoisotopic (exact) mass is 367 g/mol. The van der Waals surface area contributed by atoms with Crippen molar-refractivity contribution in [2.75, 3.05) is 13.1 Å². The first kappa shape index (κ1) is 20.5. The molecule has 26 heavy (non-hydrogen) atoms. The van der Waals surface area contributed by atoms with Crippen molar-refractivity contribution in [1.29, 1.82) is 0 Å². The molecule has 0 aliphatic carbocycles. The molecule has 0 aromatic carbocycles. The maximum atomic E-state index is 13.2. The molecule has 0 aromatic heterocycles. The molecular weight excluding hydrogens is 334 g/mol. The molecule has 2 saturated heterocycles. The number of hydrogen-bond acceptors (Lipinski definition) is 4. The molecule has 7 heteroatoms. The average molecular weight is 367 g/mol. The van der Waals surface area contributed by atoms with Gasteiger partial charge in [-0.05, 0) is 66.7 Å². The first-order chi connectivity index (χ1) is 12.1. The van der Waals surface area contributed by atoms with E-state index in [1.807, 2.05) is 34.6 Å². The second-order valence-electron chi connectivity index (χ2n) is 8.54. The third-order valence-corrected chi connectivity index (χ3v) is 4.69. The molecule has 0 radical (unpaired) electrons. The van der Waals surface area contributed by atoms with Crippen molar-refractivity contribution in [1.82, 2.24) is 15.1 Å². The van der Waals surface area contributed by atoms with Crippen LogP contribution in [-0.4, -0.2) is 64.5 Å². The summed E-state index contributed by atoms with van der Waals surface area (Å²) in [6.07, 6.45) is 3.42. The van der Waals surface area contributed by atoms with E-state index in [0.29, 0.717) is 25.9 Å². The molecule has 1 N–H and O–H groups in total. The zero-order chi connectivity index (χ0) is 19.5. The standard InChI is InChI=1S/C19H33N3O4/c1-13(2)20-16(23)14-9-6-7-11-21(14)17(24)15-10-8-12-22(15)18(25)26-19(3,4)5/h13-15H,6-12H2,1-5H3,(H,20,23)/t14-,15?/m0/s1. The van der Waals surface area contributed by atoms with Gasteiger partial charge in [0.1, 0.15) is 17.7 Å². The van der Waals surface area contributed by atoms with Crippen LogP contribution in [0.15, 0.2) is 0 Å². The predicted octanol–water partition coefficient (Wildman–Crippen LogP) is 2.29. The zero-order valence-corrected chi connectivity index (χ0v) is 16.7. The van der Waals surface area contributed by atoms with Gasteiger partial charge in [0.2, 0.25) is 11.8 Å². The van der Waals surface area contributed by atoms with Gasteiger partial charge in [0, 0.05) is 19.1 Å². The van der Waals surface area contributed by atoms with E-state index in [0.717, 1.165) is 19.3 Å². The van der Waals surface area contributed by atoms with E-state index in [9.17, 15) is 14.4 Å². The topological polar surface area (TPSA) is 79.0 Å². The van der Waals surface area contributed by atoms with Gasteiger partial charge in [0.15, 0.2) is 0 Å². The van der Waals surface area contributed by atoms with Gasteiger partial charge in [0.25, 0.3) is 0 Å². The van der Waals surface area contributed by atoms with Gasteiger partial charge in [-0.15, -0.1) is 0 Å². The van der Waals surface area contributed by atoms with Crippen molar-refractivity contribution in [2.45, 2.75) is 90.4 Å².